The van der Waals surface area contributed by atoms with Crippen LogP contribution in [0.25, 0.3) is 0 Å². The first-order chi connectivity index (χ1) is 16.9. The van der Waals surface area contributed by atoms with Crippen molar-refractivity contribution in [3.63, 3.8) is 0 Å². The second-order valence-electron chi connectivity index (χ2n) is 8.17. The molecule has 0 radical (unpaired) electrons. The van der Waals surface area contributed by atoms with E-state index in [-0.39, 0.29) is 13.0 Å². The molecule has 0 aromatic heterocycles. The zero-order valence-electron chi connectivity index (χ0n) is 19.8. The van der Waals surface area contributed by atoms with Gasteiger partial charge < -0.3 is 24.1 Å². The van der Waals surface area contributed by atoms with E-state index in [0.29, 0.717) is 6.61 Å². The lowest BCUT2D eigenvalue weighted by Crippen LogP contribution is -2.35. The van der Waals surface area contributed by atoms with Gasteiger partial charge in [0.05, 0.1) is 19.3 Å². The lowest BCUT2D eigenvalue weighted by molar-refractivity contribution is -0.155. The molecule has 1 aliphatic rings. The number of aliphatic hydroxyl groups excluding tert-OH is 1. The Hall–Kier alpha value is -3.44. The zero-order chi connectivity index (χ0) is 25.0. The standard InChI is InChI=1S/C28H30O7/c1-20(34-21(2)29)27(33-19-23-11-7-4-8-12-23)17-24(30)13-14-26-25(15-16-28(31)35-26)32-18-22-9-5-3-6-10-22/h3-12,15-16,20,24-27,30H,17-19H2,1-2H3/t20-,24+,25-,26-,27+/m0/s1. The van der Waals surface area contributed by atoms with Crippen molar-refractivity contribution in [3.05, 3.63) is 83.9 Å². The average molecular weight is 479 g/mol. The smallest absolute Gasteiger partial charge is 0.331 e. The maximum atomic E-state index is 11.8. The predicted octanol–water partition coefficient (Wildman–Crippen LogP) is 3.34. The van der Waals surface area contributed by atoms with Crippen LogP contribution >= 0.6 is 0 Å². The van der Waals surface area contributed by atoms with Gasteiger partial charge in [-0.1, -0.05) is 72.5 Å². The molecule has 2 aromatic rings. The van der Waals surface area contributed by atoms with Gasteiger partial charge in [-0.25, -0.2) is 4.79 Å². The van der Waals surface area contributed by atoms with E-state index < -0.39 is 42.5 Å². The third-order valence-electron chi connectivity index (χ3n) is 5.28. The van der Waals surface area contributed by atoms with Crippen molar-refractivity contribution < 1.29 is 33.6 Å². The van der Waals surface area contributed by atoms with Crippen molar-refractivity contribution in [3.8, 4) is 11.8 Å². The van der Waals surface area contributed by atoms with Gasteiger partial charge in [-0.05, 0) is 24.1 Å². The molecular formula is C28H30O7. The highest BCUT2D eigenvalue weighted by Crippen LogP contribution is 2.17. The quantitative estimate of drug-likeness (QED) is 0.414. The molecule has 0 amide bonds. The maximum absolute atomic E-state index is 11.8. The molecule has 7 nitrogen and oxygen atoms in total. The van der Waals surface area contributed by atoms with Crippen molar-refractivity contribution in [2.45, 2.75) is 64.0 Å². The van der Waals surface area contributed by atoms with Crippen LogP contribution < -0.4 is 0 Å². The molecule has 7 heteroatoms. The lowest BCUT2D eigenvalue weighted by Gasteiger charge is -2.25. The van der Waals surface area contributed by atoms with E-state index in [9.17, 15) is 14.7 Å². The second kappa shape index (κ2) is 13.4. The summed E-state index contributed by atoms with van der Waals surface area (Å²) >= 11 is 0. The number of hydrogen-bond acceptors (Lipinski definition) is 7. The highest BCUT2D eigenvalue weighted by atomic mass is 16.6. The van der Waals surface area contributed by atoms with Gasteiger partial charge in [-0.2, -0.15) is 0 Å². The molecular weight excluding hydrogens is 448 g/mol. The molecule has 1 aliphatic heterocycles. The first-order valence-electron chi connectivity index (χ1n) is 11.5. The molecule has 35 heavy (non-hydrogen) atoms. The van der Waals surface area contributed by atoms with Crippen molar-refractivity contribution in [1.29, 1.82) is 0 Å². The van der Waals surface area contributed by atoms with Gasteiger partial charge in [0.25, 0.3) is 0 Å². The molecule has 0 saturated carbocycles. The molecule has 0 spiro atoms. The van der Waals surface area contributed by atoms with Crippen LogP contribution in [0.3, 0.4) is 0 Å². The van der Waals surface area contributed by atoms with Crippen LogP contribution in [0.15, 0.2) is 72.8 Å². The fraction of sp³-hybridized carbons (Fsp3) is 0.357. The van der Waals surface area contributed by atoms with E-state index in [0.717, 1.165) is 11.1 Å². The number of esters is 2. The SMILES string of the molecule is CC(=O)O[C@@H](C)[C@@H](C[C@H](O)C#C[C@@H]1OC(=O)C=C[C@@H]1OCc1ccccc1)OCc1ccccc1. The molecule has 0 bridgehead atoms. The van der Waals surface area contributed by atoms with Gasteiger partial charge in [-0.15, -0.1) is 0 Å². The first kappa shape index (κ1) is 26.2. The van der Waals surface area contributed by atoms with E-state index >= 15 is 0 Å². The Morgan fingerprint density at radius 1 is 1.06 bits per heavy atom. The van der Waals surface area contributed by atoms with Gasteiger partial charge >= 0.3 is 11.9 Å². The molecule has 1 heterocycles. The molecule has 2 aromatic carbocycles. The van der Waals surface area contributed by atoms with Crippen molar-refractivity contribution in [2.75, 3.05) is 0 Å². The first-order valence-corrected chi connectivity index (χ1v) is 11.5. The Morgan fingerprint density at radius 2 is 1.69 bits per heavy atom. The second-order valence-corrected chi connectivity index (χ2v) is 8.17. The summed E-state index contributed by atoms with van der Waals surface area (Å²) in [4.78, 5) is 23.2. The summed E-state index contributed by atoms with van der Waals surface area (Å²) in [5.41, 5.74) is 1.93. The molecule has 184 valence electrons. The molecule has 5 atom stereocenters. The number of aliphatic hydroxyl groups is 1. The largest absolute Gasteiger partial charge is 0.460 e. The Bertz CT molecular complexity index is 1040. The van der Waals surface area contributed by atoms with Crippen LogP contribution in [0.2, 0.25) is 0 Å². The average Bonchev–Trinajstić information content (AvgIpc) is 2.85. The fourth-order valence-corrected chi connectivity index (χ4v) is 3.49. The number of carbonyl (C=O) groups excluding carboxylic acids is 2. The minimum atomic E-state index is -1.10. The summed E-state index contributed by atoms with van der Waals surface area (Å²) in [6.07, 6.45) is -0.716. The Balaban J connectivity index is 1.63. The van der Waals surface area contributed by atoms with Gasteiger partial charge in [0.2, 0.25) is 0 Å². The number of hydrogen-bond donors (Lipinski definition) is 1. The van der Waals surface area contributed by atoms with Crippen molar-refractivity contribution in [1.82, 2.24) is 0 Å². The Kier molecular flexibility index (Phi) is 10.1. The Morgan fingerprint density at radius 3 is 2.31 bits per heavy atom. The maximum Gasteiger partial charge on any atom is 0.331 e. The predicted molar refractivity (Wildman–Crippen MR) is 129 cm³/mol. The van der Waals surface area contributed by atoms with Gasteiger partial charge in [0.1, 0.15) is 18.3 Å². The van der Waals surface area contributed by atoms with Gasteiger partial charge in [0, 0.05) is 19.4 Å². The minimum absolute atomic E-state index is 0.0975. The van der Waals surface area contributed by atoms with Crippen LogP contribution in [0.5, 0.6) is 0 Å². The fourth-order valence-electron chi connectivity index (χ4n) is 3.49. The summed E-state index contributed by atoms with van der Waals surface area (Å²) < 4.78 is 22.4. The molecule has 0 aliphatic carbocycles. The number of carbonyl (C=O) groups is 2. The van der Waals surface area contributed by atoms with Crippen molar-refractivity contribution >= 4 is 11.9 Å². The third-order valence-corrected chi connectivity index (χ3v) is 5.28. The summed E-state index contributed by atoms with van der Waals surface area (Å²) in [5, 5.41) is 10.6. The normalized spacial score (nSPS) is 19.6. The highest BCUT2D eigenvalue weighted by molar-refractivity contribution is 5.83. The topological polar surface area (TPSA) is 91.3 Å². The van der Waals surface area contributed by atoms with Crippen LogP contribution in [0, 0.1) is 11.8 Å². The summed E-state index contributed by atoms with van der Waals surface area (Å²) in [6.45, 7) is 3.64. The van der Waals surface area contributed by atoms with Gasteiger partial charge in [-0.3, -0.25) is 4.79 Å². The summed E-state index contributed by atoms with van der Waals surface area (Å²) in [6, 6.07) is 19.2. The number of rotatable bonds is 10. The van der Waals surface area contributed by atoms with Crippen LogP contribution in [-0.4, -0.2) is 47.6 Å². The lowest BCUT2D eigenvalue weighted by atomic mass is 10.1. The number of cyclic esters (lactones) is 1. The number of ether oxygens (including phenoxy) is 4. The van der Waals surface area contributed by atoms with Crippen LogP contribution in [-0.2, 0) is 41.8 Å². The van der Waals surface area contributed by atoms with E-state index in [2.05, 4.69) is 11.8 Å². The zero-order valence-corrected chi connectivity index (χ0v) is 19.8. The third kappa shape index (κ3) is 9.02. The van der Waals surface area contributed by atoms with E-state index in [1.54, 1.807) is 13.0 Å². The van der Waals surface area contributed by atoms with E-state index in [1.165, 1.54) is 13.0 Å². The van der Waals surface area contributed by atoms with Crippen molar-refractivity contribution in [2.24, 2.45) is 0 Å². The van der Waals surface area contributed by atoms with Crippen LogP contribution in [0.1, 0.15) is 31.4 Å². The molecule has 0 unspecified atom stereocenters. The molecule has 3 rings (SSSR count). The monoisotopic (exact) mass is 478 g/mol. The van der Waals surface area contributed by atoms with E-state index in [1.807, 2.05) is 60.7 Å². The van der Waals surface area contributed by atoms with Crippen LogP contribution in [0.4, 0.5) is 0 Å². The molecule has 0 fully saturated rings. The Labute approximate surface area is 205 Å². The summed E-state index contributed by atoms with van der Waals surface area (Å²) in [5.74, 6) is 4.58. The summed E-state index contributed by atoms with van der Waals surface area (Å²) in [7, 11) is 0. The highest BCUT2D eigenvalue weighted by Gasteiger charge is 2.27. The molecule has 0 saturated heterocycles. The van der Waals surface area contributed by atoms with Gasteiger partial charge in [0.15, 0.2) is 6.10 Å². The number of benzene rings is 2. The minimum Gasteiger partial charge on any atom is -0.460 e. The van der Waals surface area contributed by atoms with E-state index in [4.69, 9.17) is 18.9 Å². The molecule has 1 N–H and O–H groups in total.